The number of anilines is 1. The van der Waals surface area contributed by atoms with Gasteiger partial charge in [0.25, 0.3) is 0 Å². The van der Waals surface area contributed by atoms with Crippen LogP contribution < -0.4 is 15.0 Å². The summed E-state index contributed by atoms with van der Waals surface area (Å²) in [6, 6.07) is 8.14. The van der Waals surface area contributed by atoms with E-state index in [0.717, 1.165) is 44.6 Å². The molecule has 0 saturated carbocycles. The summed E-state index contributed by atoms with van der Waals surface area (Å²) in [4.78, 5) is 16.6. The second-order valence-corrected chi connectivity index (χ2v) is 7.13. The monoisotopic (exact) mass is 347 g/mol. The highest BCUT2D eigenvalue weighted by Gasteiger charge is 2.26. The Balaban J connectivity index is 1.46. The van der Waals surface area contributed by atoms with E-state index in [-0.39, 0.29) is 18.6 Å². The second kappa shape index (κ2) is 8.43. The molecule has 2 fully saturated rings. The Morgan fingerprint density at radius 2 is 2.16 bits per heavy atom. The third-order valence-electron chi connectivity index (χ3n) is 5.31. The SMILES string of the molecule is COc1cccc(N2CCC(CNC(=O)N3CCCC(CO)C3)C2)c1. The van der Waals surface area contributed by atoms with E-state index in [1.165, 1.54) is 5.69 Å². The van der Waals surface area contributed by atoms with Crippen molar-refractivity contribution in [2.75, 3.05) is 51.3 Å². The number of benzene rings is 1. The van der Waals surface area contributed by atoms with Crippen molar-refractivity contribution in [3.05, 3.63) is 24.3 Å². The van der Waals surface area contributed by atoms with Gasteiger partial charge in [0.2, 0.25) is 0 Å². The van der Waals surface area contributed by atoms with Gasteiger partial charge in [-0.2, -0.15) is 0 Å². The molecule has 2 atom stereocenters. The van der Waals surface area contributed by atoms with Gasteiger partial charge in [-0.25, -0.2) is 4.79 Å². The highest BCUT2D eigenvalue weighted by Crippen LogP contribution is 2.26. The fourth-order valence-electron chi connectivity index (χ4n) is 3.78. The number of rotatable bonds is 5. The van der Waals surface area contributed by atoms with Crippen LogP contribution >= 0.6 is 0 Å². The van der Waals surface area contributed by atoms with E-state index >= 15 is 0 Å². The van der Waals surface area contributed by atoms with E-state index in [0.29, 0.717) is 19.0 Å². The summed E-state index contributed by atoms with van der Waals surface area (Å²) in [7, 11) is 1.68. The van der Waals surface area contributed by atoms with Gasteiger partial charge in [0.15, 0.2) is 0 Å². The van der Waals surface area contributed by atoms with Gasteiger partial charge in [0.1, 0.15) is 5.75 Å². The maximum atomic E-state index is 12.4. The molecule has 1 aromatic rings. The lowest BCUT2D eigenvalue weighted by atomic mass is 9.99. The van der Waals surface area contributed by atoms with Gasteiger partial charge in [-0.3, -0.25) is 0 Å². The van der Waals surface area contributed by atoms with Crippen LogP contribution in [-0.2, 0) is 0 Å². The van der Waals surface area contributed by atoms with Crippen LogP contribution in [0.4, 0.5) is 10.5 Å². The molecule has 2 heterocycles. The molecule has 6 heteroatoms. The highest BCUT2D eigenvalue weighted by molar-refractivity contribution is 5.74. The Labute approximate surface area is 149 Å². The molecule has 2 aliphatic heterocycles. The topological polar surface area (TPSA) is 65.0 Å². The molecule has 0 aromatic heterocycles. The van der Waals surface area contributed by atoms with Crippen molar-refractivity contribution in [3.8, 4) is 5.75 Å². The fourth-order valence-corrected chi connectivity index (χ4v) is 3.78. The van der Waals surface area contributed by atoms with Crippen LogP contribution in [0.2, 0.25) is 0 Å². The number of nitrogens with zero attached hydrogens (tertiary/aromatic N) is 2. The van der Waals surface area contributed by atoms with E-state index in [9.17, 15) is 9.90 Å². The molecule has 6 nitrogen and oxygen atoms in total. The first-order chi connectivity index (χ1) is 12.2. The minimum Gasteiger partial charge on any atom is -0.497 e. The molecule has 1 aromatic carbocycles. The minimum atomic E-state index is 0.0120. The highest BCUT2D eigenvalue weighted by atomic mass is 16.5. The van der Waals surface area contributed by atoms with Crippen LogP contribution in [0.25, 0.3) is 0 Å². The fraction of sp³-hybridized carbons (Fsp3) is 0.632. The molecule has 0 bridgehead atoms. The van der Waals surface area contributed by atoms with Gasteiger partial charge in [0.05, 0.1) is 7.11 Å². The number of aliphatic hydroxyl groups excluding tert-OH is 1. The number of methoxy groups -OCH3 is 1. The van der Waals surface area contributed by atoms with Gasteiger partial charge in [-0.15, -0.1) is 0 Å². The summed E-state index contributed by atoms with van der Waals surface area (Å²) in [5, 5.41) is 12.4. The third-order valence-corrected chi connectivity index (χ3v) is 5.31. The number of hydrogen-bond donors (Lipinski definition) is 2. The average molecular weight is 347 g/mol. The van der Waals surface area contributed by atoms with E-state index in [1.54, 1.807) is 7.11 Å². The van der Waals surface area contributed by atoms with Gasteiger partial charge < -0.3 is 25.0 Å². The second-order valence-electron chi connectivity index (χ2n) is 7.13. The van der Waals surface area contributed by atoms with Crippen LogP contribution in [0, 0.1) is 11.8 Å². The number of carbonyl (C=O) groups excluding carboxylic acids is 1. The smallest absolute Gasteiger partial charge is 0.317 e. The average Bonchev–Trinajstić information content (AvgIpc) is 3.15. The Kier molecular flexibility index (Phi) is 6.02. The van der Waals surface area contributed by atoms with Gasteiger partial charge >= 0.3 is 6.03 Å². The van der Waals surface area contributed by atoms with E-state index in [2.05, 4.69) is 22.3 Å². The Morgan fingerprint density at radius 3 is 2.96 bits per heavy atom. The number of amides is 2. The van der Waals surface area contributed by atoms with Crippen molar-refractivity contribution in [3.63, 3.8) is 0 Å². The first-order valence-corrected chi connectivity index (χ1v) is 9.22. The maximum absolute atomic E-state index is 12.4. The standard InChI is InChI=1S/C19H29N3O3/c1-25-18-6-2-5-17(10-18)21-9-7-15(12-21)11-20-19(24)22-8-3-4-16(13-22)14-23/h2,5-6,10,15-16,23H,3-4,7-9,11-14H2,1H3,(H,20,24). The lowest BCUT2D eigenvalue weighted by Crippen LogP contribution is -2.47. The van der Waals surface area contributed by atoms with Gasteiger partial charge in [-0.05, 0) is 43.2 Å². The first kappa shape index (κ1) is 17.9. The van der Waals surface area contributed by atoms with Crippen molar-refractivity contribution in [1.29, 1.82) is 0 Å². The molecule has 0 aliphatic carbocycles. The summed E-state index contributed by atoms with van der Waals surface area (Å²) in [5.41, 5.74) is 1.18. The van der Waals surface area contributed by atoms with E-state index in [1.807, 2.05) is 17.0 Å². The van der Waals surface area contributed by atoms with Gasteiger partial charge in [-0.1, -0.05) is 6.07 Å². The van der Waals surface area contributed by atoms with Crippen molar-refractivity contribution in [2.24, 2.45) is 11.8 Å². The number of aliphatic hydroxyl groups is 1. The predicted molar refractivity (Wildman–Crippen MR) is 98.1 cm³/mol. The maximum Gasteiger partial charge on any atom is 0.317 e. The Bertz CT molecular complexity index is 581. The van der Waals surface area contributed by atoms with Crippen LogP contribution in [0.3, 0.4) is 0 Å². The molecule has 2 saturated heterocycles. The Morgan fingerprint density at radius 1 is 1.28 bits per heavy atom. The number of ether oxygens (including phenoxy) is 1. The molecule has 0 spiro atoms. The van der Waals surface area contributed by atoms with Crippen LogP contribution in [0.5, 0.6) is 5.75 Å². The predicted octanol–water partition coefficient (Wildman–Crippen LogP) is 1.94. The summed E-state index contributed by atoms with van der Waals surface area (Å²) < 4.78 is 5.30. The number of carbonyl (C=O) groups is 1. The Hall–Kier alpha value is -1.95. The molecule has 2 aliphatic rings. The van der Waals surface area contributed by atoms with Gasteiger partial charge in [0, 0.05) is 51.1 Å². The molecule has 0 radical (unpaired) electrons. The molecule has 138 valence electrons. The largest absolute Gasteiger partial charge is 0.497 e. The van der Waals surface area contributed by atoms with Crippen LogP contribution in [-0.4, -0.2) is 62.5 Å². The van der Waals surface area contributed by atoms with Crippen molar-refractivity contribution in [1.82, 2.24) is 10.2 Å². The van der Waals surface area contributed by atoms with Crippen LogP contribution in [0.15, 0.2) is 24.3 Å². The third kappa shape index (κ3) is 4.57. The molecular weight excluding hydrogens is 318 g/mol. The molecule has 2 unspecified atom stereocenters. The zero-order valence-electron chi connectivity index (χ0n) is 15.0. The van der Waals surface area contributed by atoms with Crippen LogP contribution in [0.1, 0.15) is 19.3 Å². The molecule has 3 rings (SSSR count). The van der Waals surface area contributed by atoms with Crippen molar-refractivity contribution in [2.45, 2.75) is 19.3 Å². The number of urea groups is 1. The zero-order valence-corrected chi connectivity index (χ0v) is 15.0. The summed E-state index contributed by atoms with van der Waals surface area (Å²) in [6.07, 6.45) is 3.07. The van der Waals surface area contributed by atoms with Crippen molar-refractivity contribution >= 4 is 11.7 Å². The lowest BCUT2D eigenvalue weighted by Gasteiger charge is -2.32. The summed E-state index contributed by atoms with van der Waals surface area (Å²) in [6.45, 7) is 4.30. The number of likely N-dealkylation sites (tertiary alicyclic amines) is 1. The molecule has 2 amide bonds. The lowest BCUT2D eigenvalue weighted by molar-refractivity contribution is 0.129. The molecule has 25 heavy (non-hydrogen) atoms. The summed E-state index contributed by atoms with van der Waals surface area (Å²) >= 11 is 0. The number of piperidine rings is 1. The van der Waals surface area contributed by atoms with Crippen molar-refractivity contribution < 1.29 is 14.6 Å². The number of hydrogen-bond acceptors (Lipinski definition) is 4. The molecular formula is C19H29N3O3. The van der Waals surface area contributed by atoms with E-state index < -0.39 is 0 Å². The minimum absolute atomic E-state index is 0.0120. The first-order valence-electron chi connectivity index (χ1n) is 9.22. The zero-order chi connectivity index (χ0) is 17.6. The van der Waals surface area contributed by atoms with E-state index in [4.69, 9.17) is 4.74 Å². The quantitative estimate of drug-likeness (QED) is 0.854. The number of nitrogens with one attached hydrogen (secondary N) is 1. The molecule has 2 N–H and O–H groups in total. The normalized spacial score (nSPS) is 23.6. The summed E-state index contributed by atoms with van der Waals surface area (Å²) in [5.74, 6) is 1.57.